The van der Waals surface area contributed by atoms with Gasteiger partial charge in [-0.15, -0.1) is 0 Å². The highest BCUT2D eigenvalue weighted by atomic mass is 19.1. The highest BCUT2D eigenvalue weighted by Crippen LogP contribution is 2.33. The van der Waals surface area contributed by atoms with Crippen LogP contribution >= 0.6 is 0 Å². The summed E-state index contributed by atoms with van der Waals surface area (Å²) in [5.74, 6) is -5.56. The van der Waals surface area contributed by atoms with E-state index in [-0.39, 0.29) is 12.8 Å². The number of aliphatic carboxylic acids is 1. The molecule has 0 aliphatic heterocycles. The second kappa shape index (κ2) is 5.08. The number of amides is 1. The Balaban J connectivity index is 2.38. The van der Waals surface area contributed by atoms with Crippen molar-refractivity contribution in [3.63, 3.8) is 0 Å². The number of nitrogens with zero attached hydrogens (tertiary/aromatic N) is 1. The van der Waals surface area contributed by atoms with Crippen LogP contribution in [0.25, 0.3) is 0 Å². The smallest absolute Gasteiger partial charge is 0.329 e. The predicted molar refractivity (Wildman–Crippen MR) is 64.7 cm³/mol. The molecule has 2 N–H and O–H groups in total. The van der Waals surface area contributed by atoms with E-state index in [9.17, 15) is 28.5 Å². The number of hydrogen-bond acceptors (Lipinski definition) is 4. The van der Waals surface area contributed by atoms with Crippen LogP contribution in [0.15, 0.2) is 12.1 Å². The van der Waals surface area contributed by atoms with Gasteiger partial charge in [-0.05, 0) is 25.3 Å². The first-order chi connectivity index (χ1) is 9.78. The summed E-state index contributed by atoms with van der Waals surface area (Å²) in [6.45, 7) is 0. The first-order valence-electron chi connectivity index (χ1n) is 5.97. The Bertz CT molecular complexity index is 643. The third-order valence-electron chi connectivity index (χ3n) is 3.46. The van der Waals surface area contributed by atoms with Crippen LogP contribution in [0.2, 0.25) is 0 Å². The minimum absolute atomic E-state index is 0.131. The van der Waals surface area contributed by atoms with Crippen molar-refractivity contribution >= 4 is 17.6 Å². The Kier molecular flexibility index (Phi) is 3.58. The van der Waals surface area contributed by atoms with Crippen LogP contribution < -0.4 is 5.32 Å². The standard InChI is InChI=1S/C12H10F2N2O5/c13-6-2-3-7(16(20)21)9(14)8(6)10(17)15-12(11(18)19)4-1-5-12/h2-3H,1,4-5H2,(H,15,17)(H,18,19). The van der Waals surface area contributed by atoms with Crippen molar-refractivity contribution in [2.45, 2.75) is 24.8 Å². The number of carboxylic acid groups (broad SMARTS) is 1. The molecule has 0 saturated heterocycles. The fourth-order valence-corrected chi connectivity index (χ4v) is 2.09. The second-order valence-electron chi connectivity index (χ2n) is 4.71. The molecule has 1 aromatic carbocycles. The number of nitro groups is 1. The maximum atomic E-state index is 13.8. The summed E-state index contributed by atoms with van der Waals surface area (Å²) in [5.41, 5.74) is -3.78. The van der Waals surface area contributed by atoms with Gasteiger partial charge in [0, 0.05) is 6.07 Å². The van der Waals surface area contributed by atoms with Crippen LogP contribution in [0.4, 0.5) is 14.5 Å². The number of halogens is 2. The SMILES string of the molecule is O=C(NC1(C(=O)O)CCC1)c1c(F)ccc([N+](=O)[O-])c1F. The Labute approximate surface area is 116 Å². The van der Waals surface area contributed by atoms with Crippen LogP contribution in [0.1, 0.15) is 29.6 Å². The van der Waals surface area contributed by atoms with Crippen molar-refractivity contribution in [1.29, 1.82) is 0 Å². The lowest BCUT2D eigenvalue weighted by Crippen LogP contribution is -2.59. The average molecular weight is 300 g/mol. The van der Waals surface area contributed by atoms with Gasteiger partial charge < -0.3 is 10.4 Å². The van der Waals surface area contributed by atoms with Gasteiger partial charge >= 0.3 is 11.7 Å². The molecule has 21 heavy (non-hydrogen) atoms. The van der Waals surface area contributed by atoms with E-state index in [1.807, 2.05) is 0 Å². The van der Waals surface area contributed by atoms with Gasteiger partial charge in [0.25, 0.3) is 5.91 Å². The highest BCUT2D eigenvalue weighted by Gasteiger charge is 2.46. The number of benzene rings is 1. The minimum atomic E-state index is -1.63. The molecule has 0 spiro atoms. The molecule has 0 bridgehead atoms. The van der Waals surface area contributed by atoms with E-state index in [0.29, 0.717) is 18.6 Å². The number of hydrogen-bond donors (Lipinski definition) is 2. The van der Waals surface area contributed by atoms with Gasteiger partial charge in [-0.3, -0.25) is 14.9 Å². The summed E-state index contributed by atoms with van der Waals surface area (Å²) in [6.07, 6.45) is 0.810. The molecule has 2 rings (SSSR count). The molecule has 7 nitrogen and oxygen atoms in total. The van der Waals surface area contributed by atoms with Crippen LogP contribution in [-0.2, 0) is 4.79 Å². The summed E-state index contributed by atoms with van der Waals surface area (Å²) < 4.78 is 27.4. The molecular formula is C12H10F2N2O5. The first kappa shape index (κ1) is 14.8. The van der Waals surface area contributed by atoms with Crippen LogP contribution in [0.3, 0.4) is 0 Å². The summed E-state index contributed by atoms with van der Waals surface area (Å²) in [4.78, 5) is 32.5. The molecule has 1 fully saturated rings. The summed E-state index contributed by atoms with van der Waals surface area (Å²) in [5, 5.41) is 21.7. The third kappa shape index (κ3) is 2.41. The van der Waals surface area contributed by atoms with Gasteiger partial charge in [-0.2, -0.15) is 4.39 Å². The number of nitro benzene ring substituents is 1. The lowest BCUT2D eigenvalue weighted by Gasteiger charge is -2.38. The van der Waals surface area contributed by atoms with Gasteiger partial charge in [0.2, 0.25) is 5.82 Å². The maximum absolute atomic E-state index is 13.8. The molecule has 0 aromatic heterocycles. The highest BCUT2D eigenvalue weighted by molar-refractivity contribution is 5.99. The summed E-state index contributed by atoms with van der Waals surface area (Å²) in [7, 11) is 0. The second-order valence-corrected chi connectivity index (χ2v) is 4.71. The van der Waals surface area contributed by atoms with Crippen molar-refractivity contribution in [3.8, 4) is 0 Å². The normalized spacial score (nSPS) is 15.9. The molecule has 0 heterocycles. The zero-order valence-corrected chi connectivity index (χ0v) is 10.6. The molecule has 1 aromatic rings. The molecule has 1 saturated carbocycles. The van der Waals surface area contributed by atoms with Gasteiger partial charge in [0.1, 0.15) is 16.9 Å². The lowest BCUT2D eigenvalue weighted by molar-refractivity contribution is -0.387. The van der Waals surface area contributed by atoms with E-state index < -0.39 is 45.2 Å². The van der Waals surface area contributed by atoms with Crippen molar-refractivity contribution in [1.82, 2.24) is 5.32 Å². The first-order valence-corrected chi connectivity index (χ1v) is 5.97. The molecular weight excluding hydrogens is 290 g/mol. The largest absolute Gasteiger partial charge is 0.480 e. The Morgan fingerprint density at radius 3 is 2.38 bits per heavy atom. The van der Waals surface area contributed by atoms with E-state index in [2.05, 4.69) is 5.32 Å². The monoisotopic (exact) mass is 300 g/mol. The minimum Gasteiger partial charge on any atom is -0.480 e. The van der Waals surface area contributed by atoms with Gasteiger partial charge in [-0.25, -0.2) is 9.18 Å². The van der Waals surface area contributed by atoms with Crippen molar-refractivity contribution < 1.29 is 28.4 Å². The van der Waals surface area contributed by atoms with E-state index in [0.717, 1.165) is 0 Å². The van der Waals surface area contributed by atoms with E-state index in [1.54, 1.807) is 0 Å². The van der Waals surface area contributed by atoms with Gasteiger partial charge in [0.05, 0.1) is 4.92 Å². The number of rotatable bonds is 4. The number of carbonyl (C=O) groups is 2. The fraction of sp³-hybridized carbons (Fsp3) is 0.333. The molecule has 0 atom stereocenters. The number of carboxylic acids is 1. The van der Waals surface area contributed by atoms with Crippen LogP contribution in [-0.4, -0.2) is 27.4 Å². The van der Waals surface area contributed by atoms with Crippen molar-refractivity contribution in [2.24, 2.45) is 0 Å². The molecule has 112 valence electrons. The zero-order valence-electron chi connectivity index (χ0n) is 10.6. The number of carbonyl (C=O) groups excluding carboxylic acids is 1. The van der Waals surface area contributed by atoms with Gasteiger partial charge in [0.15, 0.2) is 0 Å². The predicted octanol–water partition coefficient (Wildman–Crippen LogP) is 1.61. The summed E-state index contributed by atoms with van der Waals surface area (Å²) >= 11 is 0. The van der Waals surface area contributed by atoms with Crippen molar-refractivity contribution in [2.75, 3.05) is 0 Å². The molecule has 1 aliphatic rings. The Morgan fingerprint density at radius 2 is 1.95 bits per heavy atom. The van der Waals surface area contributed by atoms with E-state index >= 15 is 0 Å². The van der Waals surface area contributed by atoms with E-state index in [1.165, 1.54) is 0 Å². The lowest BCUT2D eigenvalue weighted by atomic mass is 9.76. The third-order valence-corrected chi connectivity index (χ3v) is 3.46. The molecule has 1 aliphatic carbocycles. The molecule has 0 radical (unpaired) electrons. The molecule has 0 unspecified atom stereocenters. The van der Waals surface area contributed by atoms with Crippen LogP contribution in [0.5, 0.6) is 0 Å². The summed E-state index contributed by atoms with van der Waals surface area (Å²) in [6, 6.07) is 1.18. The van der Waals surface area contributed by atoms with Crippen molar-refractivity contribution in [3.05, 3.63) is 39.4 Å². The average Bonchev–Trinajstić information content (AvgIpc) is 2.32. The fourth-order valence-electron chi connectivity index (χ4n) is 2.09. The van der Waals surface area contributed by atoms with E-state index in [4.69, 9.17) is 5.11 Å². The number of nitrogens with one attached hydrogen (secondary N) is 1. The molecule has 9 heteroatoms. The van der Waals surface area contributed by atoms with Crippen LogP contribution in [0, 0.1) is 21.7 Å². The Hall–Kier alpha value is -2.58. The maximum Gasteiger partial charge on any atom is 0.329 e. The topological polar surface area (TPSA) is 110 Å². The molecule has 1 amide bonds. The van der Waals surface area contributed by atoms with Gasteiger partial charge in [-0.1, -0.05) is 0 Å². The zero-order chi connectivity index (χ0) is 15.8. The quantitative estimate of drug-likeness (QED) is 0.648. The Morgan fingerprint density at radius 1 is 1.33 bits per heavy atom.